The van der Waals surface area contributed by atoms with Crippen molar-refractivity contribution >= 4 is 40.7 Å². The fraction of sp³-hybridized carbons (Fsp3) is 0.214. The highest BCUT2D eigenvalue weighted by atomic mass is 35.5. The molecule has 0 radical (unpaired) electrons. The van der Waals surface area contributed by atoms with Crippen molar-refractivity contribution in [3.63, 3.8) is 0 Å². The zero-order chi connectivity index (χ0) is 13.8. The third kappa shape index (κ3) is 3.78. The van der Waals surface area contributed by atoms with Crippen LogP contribution in [0.25, 0.3) is 0 Å². The Bertz CT molecular complexity index is 567. The molecule has 19 heavy (non-hydrogen) atoms. The number of thioether (sulfide) groups is 1. The predicted octanol–water partition coefficient (Wildman–Crippen LogP) is 5.09. The summed E-state index contributed by atoms with van der Waals surface area (Å²) in [6.45, 7) is 1.86. The summed E-state index contributed by atoms with van der Waals surface area (Å²) < 4.78 is 5.23. The molecule has 1 aromatic carbocycles. The van der Waals surface area contributed by atoms with E-state index < -0.39 is 0 Å². The molecule has 0 amide bonds. The van der Waals surface area contributed by atoms with Gasteiger partial charge in [0, 0.05) is 10.6 Å². The van der Waals surface area contributed by atoms with Crippen LogP contribution in [-0.2, 0) is 5.75 Å². The lowest BCUT2D eigenvalue weighted by molar-refractivity contribution is 0.0994. The molecule has 2 nitrogen and oxygen atoms in total. The highest BCUT2D eigenvalue weighted by Gasteiger charge is 2.18. The molecule has 0 N–H and O–H groups in total. The molecule has 0 aliphatic carbocycles. The second kappa shape index (κ2) is 6.51. The number of halogens is 2. The number of furan rings is 1. The Kier molecular flexibility index (Phi) is 4.97. The topological polar surface area (TPSA) is 30.2 Å². The minimum Gasteiger partial charge on any atom is -0.468 e. The smallest absolute Gasteiger partial charge is 0.177 e. The average Bonchev–Trinajstić information content (AvgIpc) is 2.88. The van der Waals surface area contributed by atoms with E-state index in [4.69, 9.17) is 27.6 Å². The van der Waals surface area contributed by atoms with E-state index in [9.17, 15) is 4.79 Å². The minimum atomic E-state index is -0.191. The molecule has 0 aliphatic rings. The first-order valence-corrected chi connectivity index (χ1v) is 7.51. The Labute approximate surface area is 126 Å². The van der Waals surface area contributed by atoms with Crippen LogP contribution in [0, 0.1) is 0 Å². The standard InChI is InChI=1S/C14H12Cl2O2S/c1-9(19-8-11-3-2-6-18-11)14(17)12-5-4-10(15)7-13(12)16/h2-7,9H,8H2,1H3. The summed E-state index contributed by atoms with van der Waals surface area (Å²) in [7, 11) is 0. The number of ketones is 1. The molecule has 1 unspecified atom stereocenters. The maximum Gasteiger partial charge on any atom is 0.177 e. The number of benzene rings is 1. The van der Waals surface area contributed by atoms with Gasteiger partial charge in [-0.15, -0.1) is 11.8 Å². The van der Waals surface area contributed by atoms with Crippen molar-refractivity contribution in [1.29, 1.82) is 0 Å². The largest absolute Gasteiger partial charge is 0.468 e. The molecule has 2 rings (SSSR count). The molecule has 0 saturated carbocycles. The number of carbonyl (C=O) groups is 1. The molecule has 0 bridgehead atoms. The Hall–Kier alpha value is -0.900. The normalized spacial score (nSPS) is 12.4. The van der Waals surface area contributed by atoms with Crippen molar-refractivity contribution in [3.05, 3.63) is 58.0 Å². The second-order valence-corrected chi connectivity index (χ2v) is 6.19. The Balaban J connectivity index is 2.02. The molecule has 1 heterocycles. The molecule has 0 fully saturated rings. The summed E-state index contributed by atoms with van der Waals surface area (Å²) in [5.41, 5.74) is 0.505. The average molecular weight is 315 g/mol. The van der Waals surface area contributed by atoms with Crippen molar-refractivity contribution in [3.8, 4) is 0 Å². The van der Waals surface area contributed by atoms with E-state index in [1.54, 1.807) is 24.5 Å². The number of hydrogen-bond donors (Lipinski definition) is 0. The molecule has 100 valence electrons. The van der Waals surface area contributed by atoms with E-state index in [0.717, 1.165) is 5.76 Å². The van der Waals surface area contributed by atoms with Gasteiger partial charge in [-0.05, 0) is 37.3 Å². The van der Waals surface area contributed by atoms with Gasteiger partial charge in [-0.3, -0.25) is 4.79 Å². The van der Waals surface area contributed by atoms with Crippen LogP contribution in [0.4, 0.5) is 0 Å². The summed E-state index contributed by atoms with van der Waals surface area (Å²) in [6.07, 6.45) is 1.62. The van der Waals surface area contributed by atoms with Crippen LogP contribution in [-0.4, -0.2) is 11.0 Å². The highest BCUT2D eigenvalue weighted by molar-refractivity contribution is 7.99. The summed E-state index contributed by atoms with van der Waals surface area (Å²) in [5.74, 6) is 1.51. The quantitative estimate of drug-likeness (QED) is 0.720. The van der Waals surface area contributed by atoms with Gasteiger partial charge in [0.05, 0.1) is 22.3 Å². The molecular weight excluding hydrogens is 303 g/mol. The van der Waals surface area contributed by atoms with Gasteiger partial charge in [-0.1, -0.05) is 23.2 Å². The molecule has 1 aromatic heterocycles. The lowest BCUT2D eigenvalue weighted by Gasteiger charge is -2.10. The van der Waals surface area contributed by atoms with Gasteiger partial charge in [0.25, 0.3) is 0 Å². The van der Waals surface area contributed by atoms with Gasteiger partial charge in [0.15, 0.2) is 5.78 Å². The van der Waals surface area contributed by atoms with Crippen molar-refractivity contribution in [2.75, 3.05) is 0 Å². The SMILES string of the molecule is CC(SCc1ccco1)C(=O)c1ccc(Cl)cc1Cl. The lowest BCUT2D eigenvalue weighted by atomic mass is 10.1. The maximum absolute atomic E-state index is 12.3. The summed E-state index contributed by atoms with van der Waals surface area (Å²) in [6, 6.07) is 8.64. The molecule has 2 aromatic rings. The fourth-order valence-corrected chi connectivity index (χ4v) is 2.94. The van der Waals surface area contributed by atoms with Crippen LogP contribution in [0.1, 0.15) is 23.0 Å². The van der Waals surface area contributed by atoms with Crippen molar-refractivity contribution in [2.45, 2.75) is 17.9 Å². The number of hydrogen-bond acceptors (Lipinski definition) is 3. The van der Waals surface area contributed by atoms with Crippen LogP contribution in [0.15, 0.2) is 41.0 Å². The van der Waals surface area contributed by atoms with Gasteiger partial charge in [-0.25, -0.2) is 0 Å². The summed E-state index contributed by atoms with van der Waals surface area (Å²) in [5, 5.41) is 0.726. The predicted molar refractivity (Wildman–Crippen MR) is 80.3 cm³/mol. The number of rotatable bonds is 5. The van der Waals surface area contributed by atoms with Crippen molar-refractivity contribution in [2.24, 2.45) is 0 Å². The van der Waals surface area contributed by atoms with Gasteiger partial charge >= 0.3 is 0 Å². The monoisotopic (exact) mass is 314 g/mol. The van der Waals surface area contributed by atoms with Crippen molar-refractivity contribution < 1.29 is 9.21 Å². The maximum atomic E-state index is 12.3. The van der Waals surface area contributed by atoms with Crippen LogP contribution in [0.2, 0.25) is 10.0 Å². The fourth-order valence-electron chi connectivity index (χ4n) is 1.59. The van der Waals surface area contributed by atoms with Gasteiger partial charge in [-0.2, -0.15) is 0 Å². The van der Waals surface area contributed by atoms with E-state index >= 15 is 0 Å². The van der Waals surface area contributed by atoms with Gasteiger partial charge < -0.3 is 4.42 Å². The highest BCUT2D eigenvalue weighted by Crippen LogP contribution is 2.26. The molecule has 1 atom stereocenters. The Morgan fingerprint density at radius 2 is 2.16 bits per heavy atom. The first-order chi connectivity index (χ1) is 9.08. The van der Waals surface area contributed by atoms with Gasteiger partial charge in [0.1, 0.15) is 5.76 Å². The van der Waals surface area contributed by atoms with E-state index in [0.29, 0.717) is 21.4 Å². The van der Waals surface area contributed by atoms with Crippen LogP contribution in [0.3, 0.4) is 0 Å². The van der Waals surface area contributed by atoms with Gasteiger partial charge in [0.2, 0.25) is 0 Å². The molecule has 0 spiro atoms. The zero-order valence-electron chi connectivity index (χ0n) is 10.2. The van der Waals surface area contributed by atoms with Crippen LogP contribution < -0.4 is 0 Å². The third-order valence-electron chi connectivity index (χ3n) is 2.62. The zero-order valence-corrected chi connectivity index (χ0v) is 12.6. The van der Waals surface area contributed by atoms with E-state index in [-0.39, 0.29) is 11.0 Å². The minimum absolute atomic E-state index is 0.00165. The van der Waals surface area contributed by atoms with E-state index in [1.807, 2.05) is 19.1 Å². The summed E-state index contributed by atoms with van der Waals surface area (Å²) in [4.78, 5) is 12.3. The van der Waals surface area contributed by atoms with E-state index in [2.05, 4.69) is 0 Å². The second-order valence-electron chi connectivity index (χ2n) is 4.02. The van der Waals surface area contributed by atoms with Crippen molar-refractivity contribution in [1.82, 2.24) is 0 Å². The Morgan fingerprint density at radius 1 is 1.37 bits per heavy atom. The number of carbonyl (C=O) groups excluding carboxylic acids is 1. The summed E-state index contributed by atoms with van der Waals surface area (Å²) >= 11 is 13.4. The van der Waals surface area contributed by atoms with E-state index in [1.165, 1.54) is 11.8 Å². The Morgan fingerprint density at radius 3 is 2.79 bits per heavy atom. The molecular formula is C14H12Cl2O2S. The first kappa shape index (κ1) is 14.5. The number of Topliss-reactive ketones (excluding diaryl/α,β-unsaturated/α-hetero) is 1. The van der Waals surface area contributed by atoms with Crippen LogP contribution in [0.5, 0.6) is 0 Å². The third-order valence-corrected chi connectivity index (χ3v) is 4.33. The first-order valence-electron chi connectivity index (χ1n) is 5.71. The van der Waals surface area contributed by atoms with Crippen LogP contribution >= 0.6 is 35.0 Å². The molecule has 5 heteroatoms. The molecule has 0 aliphatic heterocycles. The lowest BCUT2D eigenvalue weighted by Crippen LogP contribution is -2.14. The molecule has 0 saturated heterocycles.